The van der Waals surface area contributed by atoms with E-state index in [1.54, 1.807) is 0 Å². The second-order valence-corrected chi connectivity index (χ2v) is 4.79. The van der Waals surface area contributed by atoms with Crippen LogP contribution in [0, 0.1) is 17.1 Å². The fraction of sp³-hybridized carbons (Fsp3) is 0.286. The van der Waals surface area contributed by atoms with Crippen molar-refractivity contribution in [2.75, 3.05) is 31.6 Å². The molecule has 1 aliphatic heterocycles. The number of carbonyl (C=O) groups is 1. The van der Waals surface area contributed by atoms with Gasteiger partial charge in [0.05, 0.1) is 18.2 Å². The van der Waals surface area contributed by atoms with Gasteiger partial charge in [0.1, 0.15) is 17.5 Å². The quantitative estimate of drug-likeness (QED) is 0.686. The maximum Gasteiger partial charge on any atom is 0.267 e. The summed E-state index contributed by atoms with van der Waals surface area (Å²) >= 11 is 5.64. The number of anilines is 1. The van der Waals surface area contributed by atoms with Gasteiger partial charge in [-0.05, 0) is 18.2 Å². The molecule has 0 aromatic heterocycles. The van der Waals surface area contributed by atoms with E-state index in [0.717, 1.165) is 6.07 Å². The third kappa shape index (κ3) is 4.18. The van der Waals surface area contributed by atoms with Crippen LogP contribution in [0.15, 0.2) is 30.0 Å². The van der Waals surface area contributed by atoms with Gasteiger partial charge < -0.3 is 15.0 Å². The topological polar surface area (TPSA) is 65.4 Å². The van der Waals surface area contributed by atoms with E-state index in [2.05, 4.69) is 5.32 Å². The number of nitrogens with zero attached hydrogens (tertiary/aromatic N) is 2. The van der Waals surface area contributed by atoms with Gasteiger partial charge in [0.2, 0.25) is 0 Å². The van der Waals surface area contributed by atoms with Crippen LogP contribution in [0.5, 0.6) is 0 Å². The minimum atomic E-state index is -0.570. The normalized spacial score (nSPS) is 15.5. The van der Waals surface area contributed by atoms with Crippen molar-refractivity contribution >= 4 is 23.2 Å². The Bertz CT molecular complexity index is 607. The third-order valence-electron chi connectivity index (χ3n) is 2.90. The lowest BCUT2D eigenvalue weighted by atomic mass is 10.2. The highest BCUT2D eigenvalue weighted by atomic mass is 35.5. The lowest BCUT2D eigenvalue weighted by Crippen LogP contribution is -2.33. The van der Waals surface area contributed by atoms with Gasteiger partial charge in [0.15, 0.2) is 0 Å². The Morgan fingerprint density at radius 1 is 1.48 bits per heavy atom. The van der Waals surface area contributed by atoms with Crippen LogP contribution in [0.3, 0.4) is 0 Å². The van der Waals surface area contributed by atoms with Gasteiger partial charge in [-0.1, -0.05) is 11.6 Å². The summed E-state index contributed by atoms with van der Waals surface area (Å²) in [5.41, 5.74) is 0.298. The molecule has 1 fully saturated rings. The minimum Gasteiger partial charge on any atom is -0.378 e. The molecule has 0 aliphatic carbocycles. The molecule has 5 nitrogen and oxygen atoms in total. The van der Waals surface area contributed by atoms with Crippen molar-refractivity contribution in [3.63, 3.8) is 0 Å². The molecule has 0 spiro atoms. The monoisotopic (exact) mass is 309 g/mol. The summed E-state index contributed by atoms with van der Waals surface area (Å²) in [6, 6.07) is 5.67. The van der Waals surface area contributed by atoms with Crippen molar-refractivity contribution in [1.29, 1.82) is 5.26 Å². The van der Waals surface area contributed by atoms with E-state index in [1.165, 1.54) is 18.3 Å². The molecule has 21 heavy (non-hydrogen) atoms. The van der Waals surface area contributed by atoms with Crippen LogP contribution in [0.4, 0.5) is 10.1 Å². The molecular weight excluding hydrogens is 297 g/mol. The number of halogens is 2. The van der Waals surface area contributed by atoms with Gasteiger partial charge in [0.25, 0.3) is 5.91 Å². The number of benzene rings is 1. The Labute approximate surface area is 126 Å². The Morgan fingerprint density at radius 2 is 2.19 bits per heavy atom. The molecule has 0 radical (unpaired) electrons. The Balaban J connectivity index is 2.07. The zero-order valence-electron chi connectivity index (χ0n) is 11.1. The molecule has 1 amide bonds. The van der Waals surface area contributed by atoms with Crippen LogP contribution >= 0.6 is 11.6 Å². The minimum absolute atomic E-state index is 0.0302. The molecule has 2 rings (SSSR count). The predicted octanol–water partition coefficient (Wildman–Crippen LogP) is 2.16. The number of nitrogens with one attached hydrogen (secondary N) is 1. The zero-order valence-corrected chi connectivity index (χ0v) is 11.9. The van der Waals surface area contributed by atoms with E-state index in [0.29, 0.717) is 32.0 Å². The first-order chi connectivity index (χ1) is 10.1. The summed E-state index contributed by atoms with van der Waals surface area (Å²) in [6.45, 7) is 2.37. The van der Waals surface area contributed by atoms with Gasteiger partial charge in [-0.15, -0.1) is 0 Å². The van der Waals surface area contributed by atoms with Crippen molar-refractivity contribution in [2.45, 2.75) is 0 Å². The van der Waals surface area contributed by atoms with Crippen LogP contribution in [0.1, 0.15) is 0 Å². The molecule has 0 unspecified atom stereocenters. The lowest BCUT2D eigenvalue weighted by Gasteiger charge is -2.25. The first-order valence-electron chi connectivity index (χ1n) is 6.30. The zero-order chi connectivity index (χ0) is 15.2. The van der Waals surface area contributed by atoms with E-state index in [9.17, 15) is 9.18 Å². The summed E-state index contributed by atoms with van der Waals surface area (Å²) in [4.78, 5) is 13.9. The van der Waals surface area contributed by atoms with E-state index in [-0.39, 0.29) is 10.6 Å². The van der Waals surface area contributed by atoms with Crippen molar-refractivity contribution in [1.82, 2.24) is 4.90 Å². The van der Waals surface area contributed by atoms with Crippen molar-refractivity contribution < 1.29 is 13.9 Å². The number of rotatable bonds is 3. The van der Waals surface area contributed by atoms with Crippen LogP contribution < -0.4 is 5.32 Å². The first-order valence-corrected chi connectivity index (χ1v) is 6.68. The fourth-order valence-electron chi connectivity index (χ4n) is 1.80. The Kier molecular flexibility index (Phi) is 5.14. The average molecular weight is 310 g/mol. The highest BCUT2D eigenvalue weighted by molar-refractivity contribution is 6.31. The van der Waals surface area contributed by atoms with Crippen molar-refractivity contribution in [2.24, 2.45) is 0 Å². The van der Waals surface area contributed by atoms with Gasteiger partial charge in [-0.25, -0.2) is 4.39 Å². The standard InChI is InChI=1S/C14H13ClFN3O2/c15-12-7-11(1-2-13(12)16)18-14(20)10(8-17)9-19-3-5-21-6-4-19/h1-2,7,9H,3-6H2,(H,18,20)/b10-9-. The molecule has 1 N–H and O–H groups in total. The van der Waals surface area contributed by atoms with E-state index in [1.807, 2.05) is 11.0 Å². The summed E-state index contributed by atoms with van der Waals surface area (Å²) in [6.07, 6.45) is 1.50. The smallest absolute Gasteiger partial charge is 0.267 e. The number of ether oxygens (including phenoxy) is 1. The molecule has 1 saturated heterocycles. The molecule has 1 heterocycles. The number of carbonyl (C=O) groups excluding carboxylic acids is 1. The largest absolute Gasteiger partial charge is 0.378 e. The van der Waals surface area contributed by atoms with E-state index >= 15 is 0 Å². The highest BCUT2D eigenvalue weighted by Crippen LogP contribution is 2.19. The van der Waals surface area contributed by atoms with E-state index < -0.39 is 11.7 Å². The second kappa shape index (κ2) is 7.07. The Hall–Kier alpha value is -2.10. The second-order valence-electron chi connectivity index (χ2n) is 4.39. The molecule has 0 atom stereocenters. The van der Waals surface area contributed by atoms with Gasteiger partial charge >= 0.3 is 0 Å². The van der Waals surface area contributed by atoms with Gasteiger partial charge in [-0.3, -0.25) is 4.79 Å². The first kappa shape index (κ1) is 15.3. The summed E-state index contributed by atoms with van der Waals surface area (Å²) in [7, 11) is 0. The fourth-order valence-corrected chi connectivity index (χ4v) is 1.98. The summed E-state index contributed by atoms with van der Waals surface area (Å²) in [5, 5.41) is 11.5. The van der Waals surface area contributed by atoms with Crippen LogP contribution in [-0.4, -0.2) is 37.1 Å². The van der Waals surface area contributed by atoms with Gasteiger partial charge in [0, 0.05) is 25.0 Å². The molecule has 110 valence electrons. The number of morpholine rings is 1. The molecule has 7 heteroatoms. The van der Waals surface area contributed by atoms with Crippen LogP contribution in [0.25, 0.3) is 0 Å². The van der Waals surface area contributed by atoms with Crippen molar-refractivity contribution in [3.05, 3.63) is 40.8 Å². The highest BCUT2D eigenvalue weighted by Gasteiger charge is 2.14. The molecule has 1 aromatic carbocycles. The number of hydrogen-bond acceptors (Lipinski definition) is 4. The Morgan fingerprint density at radius 3 is 2.81 bits per heavy atom. The lowest BCUT2D eigenvalue weighted by molar-refractivity contribution is -0.112. The summed E-state index contributed by atoms with van der Waals surface area (Å²) < 4.78 is 18.2. The molecule has 0 bridgehead atoms. The summed E-state index contributed by atoms with van der Waals surface area (Å²) in [5.74, 6) is -1.13. The number of amides is 1. The molecule has 1 aromatic rings. The number of nitriles is 1. The maximum absolute atomic E-state index is 13.0. The maximum atomic E-state index is 13.0. The SMILES string of the molecule is N#C/C(=C/N1CCOCC1)C(=O)Nc1ccc(F)c(Cl)c1. The van der Waals surface area contributed by atoms with E-state index in [4.69, 9.17) is 21.6 Å². The average Bonchev–Trinajstić information content (AvgIpc) is 2.49. The van der Waals surface area contributed by atoms with Gasteiger partial charge in [-0.2, -0.15) is 5.26 Å². The van der Waals surface area contributed by atoms with Crippen LogP contribution in [-0.2, 0) is 9.53 Å². The van der Waals surface area contributed by atoms with Crippen LogP contribution in [0.2, 0.25) is 5.02 Å². The third-order valence-corrected chi connectivity index (χ3v) is 3.19. The molecule has 1 aliphatic rings. The predicted molar refractivity (Wildman–Crippen MR) is 76.1 cm³/mol. The van der Waals surface area contributed by atoms with Crippen molar-refractivity contribution in [3.8, 4) is 6.07 Å². The number of hydrogen-bond donors (Lipinski definition) is 1. The molecule has 0 saturated carbocycles. The molecular formula is C14H13ClFN3O2.